The molecule has 3 aromatic carbocycles. The molecule has 0 aliphatic carbocycles. The first-order chi connectivity index (χ1) is 14.1. The number of anilines is 1. The van der Waals surface area contributed by atoms with Crippen molar-refractivity contribution in [2.75, 3.05) is 4.90 Å². The van der Waals surface area contributed by atoms with Crippen molar-refractivity contribution < 1.29 is 14.4 Å². The third-order valence-electron chi connectivity index (χ3n) is 4.98. The predicted molar refractivity (Wildman–Crippen MR) is 110 cm³/mol. The van der Waals surface area contributed by atoms with Gasteiger partial charge < -0.3 is 5.32 Å². The lowest BCUT2D eigenvalue weighted by atomic mass is 9.98. The Morgan fingerprint density at radius 2 is 1.21 bits per heavy atom. The van der Waals surface area contributed by atoms with Gasteiger partial charge in [0.2, 0.25) is 11.8 Å². The van der Waals surface area contributed by atoms with Crippen LogP contribution in [0.2, 0.25) is 0 Å². The first-order valence-corrected chi connectivity index (χ1v) is 9.50. The van der Waals surface area contributed by atoms with Gasteiger partial charge in [0, 0.05) is 18.4 Å². The van der Waals surface area contributed by atoms with Gasteiger partial charge in [-0.05, 0) is 35.4 Å². The Kier molecular flexibility index (Phi) is 5.20. The van der Waals surface area contributed by atoms with Crippen molar-refractivity contribution in [2.24, 2.45) is 0 Å². The van der Waals surface area contributed by atoms with Crippen LogP contribution in [-0.4, -0.2) is 17.7 Å². The third kappa shape index (κ3) is 3.94. The number of hydrogen-bond acceptors (Lipinski definition) is 3. The Hall–Kier alpha value is -3.73. The Bertz CT molecular complexity index is 975. The number of rotatable bonds is 5. The second-order valence-corrected chi connectivity index (χ2v) is 6.90. The van der Waals surface area contributed by atoms with E-state index in [1.54, 1.807) is 24.3 Å². The highest BCUT2D eigenvalue weighted by atomic mass is 16.2. The SMILES string of the molecule is O=C(NC(c1ccccc1)c1ccccc1)c1ccc(N2C(=O)CCC2=O)cc1. The Morgan fingerprint density at radius 1 is 0.724 bits per heavy atom. The van der Waals surface area contributed by atoms with E-state index >= 15 is 0 Å². The zero-order chi connectivity index (χ0) is 20.2. The maximum Gasteiger partial charge on any atom is 0.252 e. The largest absolute Gasteiger partial charge is 0.341 e. The molecule has 1 N–H and O–H groups in total. The molecule has 29 heavy (non-hydrogen) atoms. The minimum absolute atomic E-state index is 0.208. The van der Waals surface area contributed by atoms with Crippen LogP contribution in [0.25, 0.3) is 0 Å². The molecule has 0 bridgehead atoms. The number of imide groups is 1. The molecule has 1 aliphatic heterocycles. The molecule has 1 heterocycles. The van der Waals surface area contributed by atoms with Gasteiger partial charge in [-0.2, -0.15) is 0 Å². The maximum absolute atomic E-state index is 12.9. The normalized spacial score (nSPS) is 13.8. The van der Waals surface area contributed by atoms with Crippen LogP contribution in [0.4, 0.5) is 5.69 Å². The van der Waals surface area contributed by atoms with Gasteiger partial charge in [0.15, 0.2) is 0 Å². The topological polar surface area (TPSA) is 66.5 Å². The number of amides is 3. The van der Waals surface area contributed by atoms with Gasteiger partial charge in [0.25, 0.3) is 5.91 Å². The van der Waals surface area contributed by atoms with Gasteiger partial charge in [0.05, 0.1) is 11.7 Å². The Labute approximate surface area is 169 Å². The van der Waals surface area contributed by atoms with Crippen LogP contribution in [0, 0.1) is 0 Å². The first kappa shape index (κ1) is 18.6. The summed E-state index contributed by atoms with van der Waals surface area (Å²) < 4.78 is 0. The lowest BCUT2D eigenvalue weighted by molar-refractivity contribution is -0.121. The van der Waals surface area contributed by atoms with Crippen molar-refractivity contribution in [3.8, 4) is 0 Å². The van der Waals surface area contributed by atoms with Crippen molar-refractivity contribution in [3.63, 3.8) is 0 Å². The van der Waals surface area contributed by atoms with Crippen LogP contribution in [0.1, 0.15) is 40.4 Å². The van der Waals surface area contributed by atoms with Gasteiger partial charge in [-0.15, -0.1) is 0 Å². The molecule has 5 heteroatoms. The molecule has 3 aromatic rings. The summed E-state index contributed by atoms with van der Waals surface area (Å²) >= 11 is 0. The lowest BCUT2D eigenvalue weighted by Crippen LogP contribution is -2.30. The highest BCUT2D eigenvalue weighted by molar-refractivity contribution is 6.19. The molecule has 1 saturated heterocycles. The Balaban J connectivity index is 1.57. The van der Waals surface area contributed by atoms with E-state index in [1.165, 1.54) is 4.90 Å². The molecule has 1 aliphatic rings. The number of nitrogens with one attached hydrogen (secondary N) is 1. The van der Waals surface area contributed by atoms with Crippen molar-refractivity contribution in [1.29, 1.82) is 0 Å². The molecule has 144 valence electrons. The molecule has 0 aromatic heterocycles. The molecule has 4 rings (SSSR count). The number of benzene rings is 3. The van der Waals surface area contributed by atoms with Gasteiger partial charge in [0.1, 0.15) is 0 Å². The smallest absolute Gasteiger partial charge is 0.252 e. The molecule has 0 spiro atoms. The second-order valence-electron chi connectivity index (χ2n) is 6.90. The standard InChI is InChI=1S/C24H20N2O3/c27-21-15-16-22(28)26(21)20-13-11-19(12-14-20)24(29)25-23(17-7-3-1-4-8-17)18-9-5-2-6-10-18/h1-14,23H,15-16H2,(H,25,29). The number of nitrogens with zero attached hydrogens (tertiary/aromatic N) is 1. The number of carbonyl (C=O) groups is 3. The molecule has 0 radical (unpaired) electrons. The summed E-state index contributed by atoms with van der Waals surface area (Å²) in [6.07, 6.45) is 0.466. The van der Waals surface area contributed by atoms with Gasteiger partial charge in [-0.3, -0.25) is 19.3 Å². The van der Waals surface area contributed by atoms with Gasteiger partial charge in [-0.1, -0.05) is 60.7 Å². The van der Waals surface area contributed by atoms with Gasteiger partial charge >= 0.3 is 0 Å². The second kappa shape index (κ2) is 8.10. The van der Waals surface area contributed by atoms with Crippen LogP contribution in [0.5, 0.6) is 0 Å². The molecule has 0 unspecified atom stereocenters. The maximum atomic E-state index is 12.9. The summed E-state index contributed by atoms with van der Waals surface area (Å²) in [5.41, 5.74) is 2.93. The zero-order valence-corrected chi connectivity index (χ0v) is 15.7. The molecule has 5 nitrogen and oxygen atoms in total. The third-order valence-corrected chi connectivity index (χ3v) is 4.98. The molecule has 0 atom stereocenters. The van der Waals surface area contributed by atoms with Crippen LogP contribution >= 0.6 is 0 Å². The minimum atomic E-state index is -0.286. The van der Waals surface area contributed by atoms with Crippen molar-refractivity contribution in [2.45, 2.75) is 18.9 Å². The van der Waals surface area contributed by atoms with E-state index in [2.05, 4.69) is 5.32 Å². The fraction of sp³-hybridized carbons (Fsp3) is 0.125. The van der Waals surface area contributed by atoms with Crippen LogP contribution in [0.3, 0.4) is 0 Å². The summed E-state index contributed by atoms with van der Waals surface area (Å²) in [6.45, 7) is 0. The van der Waals surface area contributed by atoms with Crippen molar-refractivity contribution in [1.82, 2.24) is 5.32 Å². The van der Waals surface area contributed by atoms with E-state index in [0.717, 1.165) is 11.1 Å². The zero-order valence-electron chi connectivity index (χ0n) is 15.7. The average molecular weight is 384 g/mol. The highest BCUT2D eigenvalue weighted by Gasteiger charge is 2.30. The van der Waals surface area contributed by atoms with Crippen LogP contribution in [0.15, 0.2) is 84.9 Å². The number of carbonyl (C=O) groups excluding carboxylic acids is 3. The van der Waals surface area contributed by atoms with Crippen LogP contribution < -0.4 is 10.2 Å². The minimum Gasteiger partial charge on any atom is -0.341 e. The summed E-state index contributed by atoms with van der Waals surface area (Å²) in [4.78, 5) is 37.9. The molecular formula is C24H20N2O3. The predicted octanol–water partition coefficient (Wildman–Crippen LogP) is 3.86. The quantitative estimate of drug-likeness (QED) is 0.680. The van der Waals surface area contributed by atoms with Crippen molar-refractivity contribution >= 4 is 23.4 Å². The summed E-state index contributed by atoms with van der Waals surface area (Å²) in [5.74, 6) is -0.644. The summed E-state index contributed by atoms with van der Waals surface area (Å²) in [5, 5.41) is 3.09. The van der Waals surface area contributed by atoms with E-state index in [0.29, 0.717) is 11.3 Å². The van der Waals surface area contributed by atoms with E-state index in [1.807, 2.05) is 60.7 Å². The van der Waals surface area contributed by atoms with E-state index in [-0.39, 0.29) is 36.6 Å². The van der Waals surface area contributed by atoms with E-state index in [9.17, 15) is 14.4 Å². The lowest BCUT2D eigenvalue weighted by Gasteiger charge is -2.20. The molecular weight excluding hydrogens is 364 g/mol. The van der Waals surface area contributed by atoms with Crippen molar-refractivity contribution in [3.05, 3.63) is 102 Å². The Morgan fingerprint density at radius 3 is 1.69 bits per heavy atom. The molecule has 0 saturated carbocycles. The molecule has 1 fully saturated rings. The van der Waals surface area contributed by atoms with E-state index < -0.39 is 0 Å². The fourth-order valence-corrected chi connectivity index (χ4v) is 3.49. The number of hydrogen-bond donors (Lipinski definition) is 1. The molecule has 3 amide bonds. The van der Waals surface area contributed by atoms with Gasteiger partial charge in [-0.25, -0.2) is 0 Å². The first-order valence-electron chi connectivity index (χ1n) is 9.50. The highest BCUT2D eigenvalue weighted by Crippen LogP contribution is 2.25. The average Bonchev–Trinajstić information content (AvgIpc) is 3.11. The van der Waals surface area contributed by atoms with Crippen LogP contribution in [-0.2, 0) is 9.59 Å². The van der Waals surface area contributed by atoms with E-state index in [4.69, 9.17) is 0 Å². The summed E-state index contributed by atoms with van der Waals surface area (Å²) in [7, 11) is 0. The fourth-order valence-electron chi connectivity index (χ4n) is 3.49. The summed E-state index contributed by atoms with van der Waals surface area (Å²) in [6, 6.07) is 25.8. The monoisotopic (exact) mass is 384 g/mol.